The maximum Gasteiger partial charge on any atom is 0.243 e. The summed E-state index contributed by atoms with van der Waals surface area (Å²) in [6, 6.07) is 65.2. The van der Waals surface area contributed by atoms with E-state index >= 15 is 4.57 Å². The highest BCUT2D eigenvalue weighted by Gasteiger charge is 2.50. The average Bonchev–Trinajstić information content (AvgIpc) is 3.63. The fraction of sp³-hybridized carbons (Fsp3) is 0.0588. The number of para-hydroxylation sites is 3. The van der Waals surface area contributed by atoms with E-state index in [4.69, 9.17) is 4.42 Å². The maximum absolute atomic E-state index is 16.3. The number of rotatable bonds is 3. The molecule has 1 atom stereocenters. The summed E-state index contributed by atoms with van der Waals surface area (Å²) in [5, 5.41) is 5.10. The van der Waals surface area contributed by atoms with Gasteiger partial charge in [0, 0.05) is 37.8 Å². The van der Waals surface area contributed by atoms with Crippen LogP contribution in [-0.2, 0) is 9.98 Å². The van der Waals surface area contributed by atoms with Crippen molar-refractivity contribution in [2.75, 3.05) is 4.90 Å². The van der Waals surface area contributed by atoms with E-state index < -0.39 is 7.14 Å². The van der Waals surface area contributed by atoms with Crippen LogP contribution in [0.1, 0.15) is 25.0 Å². The molecular weight excluding hydrogens is 711 g/mol. The summed E-state index contributed by atoms with van der Waals surface area (Å²) in [5.74, 6) is 0. The van der Waals surface area contributed by atoms with Crippen molar-refractivity contribution in [3.05, 3.63) is 193 Å². The molecular formula is C51H36B2NO2P. The van der Waals surface area contributed by atoms with Crippen LogP contribution >= 0.6 is 7.14 Å². The molecule has 3 aliphatic heterocycles. The third-order valence-corrected chi connectivity index (χ3v) is 16.4. The summed E-state index contributed by atoms with van der Waals surface area (Å²) < 4.78 is 22.8. The Hall–Kier alpha value is -6.28. The highest BCUT2D eigenvalue weighted by molar-refractivity contribution is 7.88. The van der Waals surface area contributed by atoms with Crippen molar-refractivity contribution >= 4 is 108 Å². The van der Waals surface area contributed by atoms with E-state index in [9.17, 15) is 0 Å². The highest BCUT2D eigenvalue weighted by atomic mass is 31.2. The molecule has 12 rings (SSSR count). The molecule has 0 amide bonds. The van der Waals surface area contributed by atoms with Gasteiger partial charge < -0.3 is 13.9 Å². The van der Waals surface area contributed by atoms with Crippen molar-refractivity contribution in [2.45, 2.75) is 19.3 Å². The van der Waals surface area contributed by atoms with E-state index in [0.29, 0.717) is 0 Å². The molecule has 0 aliphatic carbocycles. The van der Waals surface area contributed by atoms with Gasteiger partial charge in [0.25, 0.3) is 0 Å². The van der Waals surface area contributed by atoms with Crippen molar-refractivity contribution in [3.8, 4) is 0 Å². The van der Waals surface area contributed by atoms with E-state index in [1.165, 1.54) is 28.0 Å². The van der Waals surface area contributed by atoms with Crippen LogP contribution in [0, 0.1) is 0 Å². The molecule has 0 saturated carbocycles. The first kappa shape index (κ1) is 32.9. The lowest BCUT2D eigenvalue weighted by Gasteiger charge is -2.42. The number of furan rings is 1. The molecule has 1 unspecified atom stereocenters. The van der Waals surface area contributed by atoms with Gasteiger partial charge in [-0.25, -0.2) is 0 Å². The van der Waals surface area contributed by atoms with Gasteiger partial charge >= 0.3 is 0 Å². The van der Waals surface area contributed by atoms with Crippen LogP contribution in [0.2, 0.25) is 0 Å². The third kappa shape index (κ3) is 4.44. The topological polar surface area (TPSA) is 33.5 Å². The normalized spacial score (nSPS) is 17.1. The summed E-state index contributed by atoms with van der Waals surface area (Å²) >= 11 is 0. The predicted molar refractivity (Wildman–Crippen MR) is 242 cm³/mol. The molecule has 0 saturated heterocycles. The minimum Gasteiger partial charge on any atom is -0.456 e. The summed E-state index contributed by atoms with van der Waals surface area (Å²) in [6.45, 7) is 4.46. The van der Waals surface area contributed by atoms with Gasteiger partial charge in [0.2, 0.25) is 13.4 Å². The molecule has 4 heterocycles. The minimum atomic E-state index is -3.25. The van der Waals surface area contributed by atoms with Crippen molar-refractivity contribution < 1.29 is 8.98 Å². The summed E-state index contributed by atoms with van der Waals surface area (Å²) in [7, 11) is -3.25. The van der Waals surface area contributed by atoms with Crippen molar-refractivity contribution in [1.82, 2.24) is 0 Å². The number of hydrogen-bond acceptors (Lipinski definition) is 3. The van der Waals surface area contributed by atoms with Crippen LogP contribution in [0.25, 0.3) is 21.9 Å². The summed E-state index contributed by atoms with van der Waals surface area (Å²) in [6.07, 6.45) is 0. The lowest BCUT2D eigenvalue weighted by atomic mass is 9.33. The molecule has 3 aliphatic rings. The number of nitrogens with zero attached hydrogens (tertiary/aromatic N) is 1. The van der Waals surface area contributed by atoms with Crippen LogP contribution in [0.4, 0.5) is 17.1 Å². The minimum absolute atomic E-state index is 0.0871. The third-order valence-electron chi connectivity index (χ3n) is 13.1. The smallest absolute Gasteiger partial charge is 0.243 e. The molecule has 0 bridgehead atoms. The fourth-order valence-corrected chi connectivity index (χ4v) is 14.2. The molecule has 0 fully saturated rings. The monoisotopic (exact) mass is 747 g/mol. The van der Waals surface area contributed by atoms with Gasteiger partial charge in [-0.15, -0.1) is 0 Å². The molecule has 6 heteroatoms. The van der Waals surface area contributed by atoms with Crippen LogP contribution < -0.4 is 53.6 Å². The second-order valence-corrected chi connectivity index (χ2v) is 18.9. The largest absolute Gasteiger partial charge is 0.456 e. The molecule has 268 valence electrons. The molecule has 1 aromatic heterocycles. The second kappa shape index (κ2) is 11.9. The van der Waals surface area contributed by atoms with E-state index in [1.54, 1.807) is 0 Å². The van der Waals surface area contributed by atoms with E-state index in [-0.39, 0.29) is 18.8 Å². The van der Waals surface area contributed by atoms with E-state index in [1.807, 2.05) is 12.1 Å². The molecule has 57 heavy (non-hydrogen) atoms. The first-order valence-electron chi connectivity index (χ1n) is 19.9. The van der Waals surface area contributed by atoms with Crippen molar-refractivity contribution in [3.63, 3.8) is 0 Å². The quantitative estimate of drug-likeness (QED) is 0.144. The Labute approximate surface area is 333 Å². The summed E-state index contributed by atoms with van der Waals surface area (Å²) in [5.41, 5.74) is 14.6. The van der Waals surface area contributed by atoms with Gasteiger partial charge in [0.05, 0.1) is 11.4 Å². The van der Waals surface area contributed by atoms with Crippen molar-refractivity contribution in [1.29, 1.82) is 0 Å². The molecule has 0 radical (unpaired) electrons. The van der Waals surface area contributed by atoms with Crippen LogP contribution in [-0.4, -0.2) is 13.4 Å². The second-order valence-electron chi connectivity index (χ2n) is 16.3. The van der Waals surface area contributed by atoms with E-state index in [2.05, 4.69) is 189 Å². The molecule has 0 spiro atoms. The zero-order chi connectivity index (χ0) is 38.0. The lowest BCUT2D eigenvalue weighted by molar-refractivity contribution is 0.592. The summed E-state index contributed by atoms with van der Waals surface area (Å²) in [4.78, 5) is 2.41. The highest BCUT2D eigenvalue weighted by Crippen LogP contribution is 2.51. The average molecular weight is 747 g/mol. The Morgan fingerprint density at radius 1 is 0.491 bits per heavy atom. The first-order valence-corrected chi connectivity index (χ1v) is 21.6. The SMILES string of the molecule is CC1(C)c2ccccc2N(c2ccc(B3c4ccccc4P4(=O)c5ccccc5B(c5ccc6c(c5)oc5ccccc56)c5cccc3c54)cc2)c2ccccc21. The number of benzene rings is 8. The maximum atomic E-state index is 16.3. The van der Waals surface area contributed by atoms with Crippen LogP contribution in [0.15, 0.2) is 186 Å². The molecule has 3 nitrogen and oxygen atoms in total. The Morgan fingerprint density at radius 2 is 1.00 bits per heavy atom. The first-order chi connectivity index (χ1) is 27.9. The van der Waals surface area contributed by atoms with Gasteiger partial charge in [-0.1, -0.05) is 192 Å². The van der Waals surface area contributed by atoms with Gasteiger partial charge in [-0.2, -0.15) is 0 Å². The zero-order valence-corrected chi connectivity index (χ0v) is 32.6. The predicted octanol–water partition coefficient (Wildman–Crippen LogP) is 6.99. The number of anilines is 3. The Kier molecular flexibility index (Phi) is 6.85. The Balaban J connectivity index is 1.04. The number of hydrogen-bond donors (Lipinski definition) is 0. The van der Waals surface area contributed by atoms with Gasteiger partial charge in [-0.3, -0.25) is 0 Å². The fourth-order valence-electron chi connectivity index (χ4n) is 10.6. The molecule has 0 N–H and O–H groups in total. The van der Waals surface area contributed by atoms with Gasteiger partial charge in [0.1, 0.15) is 11.2 Å². The van der Waals surface area contributed by atoms with Gasteiger partial charge in [-0.05, 0) is 47.5 Å². The van der Waals surface area contributed by atoms with E-state index in [0.717, 1.165) is 70.9 Å². The lowest BCUT2D eigenvalue weighted by Crippen LogP contribution is -2.74. The zero-order valence-electron chi connectivity index (χ0n) is 31.7. The Morgan fingerprint density at radius 3 is 1.67 bits per heavy atom. The van der Waals surface area contributed by atoms with Crippen LogP contribution in [0.5, 0.6) is 0 Å². The Bertz CT molecular complexity index is 3140. The number of fused-ring (bicyclic) bond motifs is 9. The molecule has 8 aromatic carbocycles. The van der Waals surface area contributed by atoms with Crippen LogP contribution in [0.3, 0.4) is 0 Å². The molecule has 9 aromatic rings. The van der Waals surface area contributed by atoms with Gasteiger partial charge in [0.15, 0.2) is 7.14 Å². The standard InChI is InChI=1S/C51H36B2NO2P/c1-51(2)38-15-4-8-21-44(38)54(45-22-9-5-16-39(45)51)35-29-26-33(27-30-35)52-40-17-6-11-24-48(40)57(55)49-25-12-7-18-41(49)53(43-20-13-19-42(52)50(43)57)34-28-31-37-36-14-3-10-23-46(36)56-47(37)32-34/h3-32H,1-2H3. The van der Waals surface area contributed by atoms with Crippen molar-refractivity contribution in [2.24, 2.45) is 0 Å².